The molecule has 0 aliphatic carbocycles. The van der Waals surface area contributed by atoms with Crippen molar-refractivity contribution in [1.29, 1.82) is 5.26 Å². The van der Waals surface area contributed by atoms with Gasteiger partial charge in [0, 0.05) is 11.4 Å². The van der Waals surface area contributed by atoms with Crippen molar-refractivity contribution < 1.29 is 0 Å². The van der Waals surface area contributed by atoms with Gasteiger partial charge in [-0.1, -0.05) is 49.0 Å². The minimum Gasteiger partial charge on any atom is -0.287 e. The minimum absolute atomic E-state index is 0.00970. The van der Waals surface area contributed by atoms with E-state index < -0.39 is 0 Å². The van der Waals surface area contributed by atoms with Crippen LogP contribution in [0.4, 0.5) is 0 Å². The summed E-state index contributed by atoms with van der Waals surface area (Å²) in [5.41, 5.74) is 1.17. The molecule has 0 spiro atoms. The molecule has 0 aliphatic heterocycles. The van der Waals surface area contributed by atoms with Gasteiger partial charge in [-0.05, 0) is 31.4 Å². The monoisotopic (exact) mass is 369 g/mol. The number of benzene rings is 1. The molecular weight excluding hydrogens is 350 g/mol. The molecule has 128 valence electrons. The van der Waals surface area contributed by atoms with E-state index in [0.717, 1.165) is 22.5 Å². The Morgan fingerprint density at radius 1 is 1.36 bits per heavy atom. The van der Waals surface area contributed by atoms with Gasteiger partial charge < -0.3 is 0 Å². The van der Waals surface area contributed by atoms with Gasteiger partial charge in [0.2, 0.25) is 0 Å². The van der Waals surface area contributed by atoms with Crippen LogP contribution < -0.4 is 5.56 Å². The molecular formula is C19H19N3OS2. The molecule has 0 saturated carbocycles. The zero-order valence-electron chi connectivity index (χ0n) is 14.2. The molecule has 0 saturated heterocycles. The van der Waals surface area contributed by atoms with Gasteiger partial charge in [0.05, 0.1) is 16.7 Å². The van der Waals surface area contributed by atoms with E-state index in [4.69, 9.17) is 10.2 Å². The summed E-state index contributed by atoms with van der Waals surface area (Å²) in [4.78, 5) is 19.6. The molecule has 0 amide bonds. The number of thiophene rings is 1. The van der Waals surface area contributed by atoms with Gasteiger partial charge in [0.1, 0.15) is 4.83 Å². The van der Waals surface area contributed by atoms with Crippen LogP contribution in [0.2, 0.25) is 0 Å². The molecule has 1 atom stereocenters. The van der Waals surface area contributed by atoms with Crippen molar-refractivity contribution in [2.45, 2.75) is 43.6 Å². The van der Waals surface area contributed by atoms with Gasteiger partial charge in [-0.25, -0.2) is 4.98 Å². The Bertz CT molecular complexity index is 970. The first-order chi connectivity index (χ1) is 12.1. The molecule has 0 unspecified atom stereocenters. The molecule has 0 N–H and O–H groups in total. The molecule has 0 radical (unpaired) electrons. The molecule has 0 bridgehead atoms. The van der Waals surface area contributed by atoms with Crippen molar-refractivity contribution >= 4 is 33.3 Å². The molecule has 1 aromatic carbocycles. The number of nitriles is 1. The van der Waals surface area contributed by atoms with E-state index in [9.17, 15) is 4.79 Å². The second-order valence-electron chi connectivity index (χ2n) is 5.76. The molecule has 2 heterocycles. The minimum atomic E-state index is -0.252. The highest BCUT2D eigenvalue weighted by molar-refractivity contribution is 8.00. The lowest BCUT2D eigenvalue weighted by Crippen LogP contribution is -2.24. The van der Waals surface area contributed by atoms with E-state index in [0.29, 0.717) is 17.1 Å². The highest BCUT2D eigenvalue weighted by Gasteiger charge is 2.16. The molecule has 2 aromatic heterocycles. The SMILES string of the molecule is CCc1cc2c(=O)n(CCc3ccccc3)c(S[C@@H](C)C#N)nc2s1. The number of hydrogen-bond donors (Lipinski definition) is 0. The van der Waals surface area contributed by atoms with Crippen molar-refractivity contribution in [3.63, 3.8) is 0 Å². The third-order valence-corrected chi connectivity index (χ3v) is 6.10. The van der Waals surface area contributed by atoms with Crippen molar-refractivity contribution in [3.8, 4) is 6.07 Å². The highest BCUT2D eigenvalue weighted by atomic mass is 32.2. The average Bonchev–Trinajstić information content (AvgIpc) is 3.05. The Kier molecular flexibility index (Phi) is 5.57. The summed E-state index contributed by atoms with van der Waals surface area (Å²) >= 11 is 2.91. The Hall–Kier alpha value is -2.10. The summed E-state index contributed by atoms with van der Waals surface area (Å²) in [6.45, 7) is 4.46. The second kappa shape index (κ2) is 7.85. The summed E-state index contributed by atoms with van der Waals surface area (Å²) in [6, 6.07) is 14.3. The molecule has 25 heavy (non-hydrogen) atoms. The fraction of sp³-hybridized carbons (Fsp3) is 0.316. The van der Waals surface area contributed by atoms with Crippen LogP contribution in [0.5, 0.6) is 0 Å². The van der Waals surface area contributed by atoms with E-state index in [1.165, 1.54) is 17.3 Å². The van der Waals surface area contributed by atoms with Crippen molar-refractivity contribution in [1.82, 2.24) is 9.55 Å². The lowest BCUT2D eigenvalue weighted by atomic mass is 10.1. The van der Waals surface area contributed by atoms with E-state index >= 15 is 0 Å². The number of fused-ring (bicyclic) bond motifs is 1. The molecule has 4 nitrogen and oxygen atoms in total. The van der Waals surface area contributed by atoms with E-state index in [-0.39, 0.29) is 10.8 Å². The standard InChI is InChI=1S/C19H19N3OS2/c1-3-15-11-16-17(25-15)21-19(24-13(2)12-20)22(18(16)23)10-9-14-7-5-4-6-8-14/h4-8,11,13H,3,9-10H2,1-2H3/t13-/m0/s1. The summed E-state index contributed by atoms with van der Waals surface area (Å²) in [5.74, 6) is 0. The number of nitrogens with zero attached hydrogens (tertiary/aromatic N) is 3. The van der Waals surface area contributed by atoms with Gasteiger partial charge in [0.25, 0.3) is 5.56 Å². The predicted molar refractivity (Wildman–Crippen MR) is 104 cm³/mol. The maximum atomic E-state index is 13.0. The Morgan fingerprint density at radius 2 is 2.12 bits per heavy atom. The normalized spacial score (nSPS) is 12.2. The van der Waals surface area contributed by atoms with Crippen LogP contribution in [-0.4, -0.2) is 14.8 Å². The highest BCUT2D eigenvalue weighted by Crippen LogP contribution is 2.27. The molecule has 0 aliphatic rings. The summed E-state index contributed by atoms with van der Waals surface area (Å²) in [6.07, 6.45) is 1.65. The number of hydrogen-bond acceptors (Lipinski definition) is 5. The fourth-order valence-electron chi connectivity index (χ4n) is 2.58. The van der Waals surface area contributed by atoms with Gasteiger partial charge in [-0.2, -0.15) is 5.26 Å². The van der Waals surface area contributed by atoms with Crippen LogP contribution in [0.1, 0.15) is 24.3 Å². The predicted octanol–water partition coefficient (Wildman–Crippen LogP) is 4.27. The lowest BCUT2D eigenvalue weighted by Gasteiger charge is -2.12. The van der Waals surface area contributed by atoms with Crippen LogP contribution in [0, 0.1) is 11.3 Å². The number of aryl methyl sites for hydroxylation is 2. The maximum Gasteiger partial charge on any atom is 0.262 e. The Balaban J connectivity index is 2.03. The molecule has 0 fully saturated rings. The van der Waals surface area contributed by atoms with Gasteiger partial charge in [-0.15, -0.1) is 11.3 Å². The Labute approximate surface area is 155 Å². The summed E-state index contributed by atoms with van der Waals surface area (Å²) in [5, 5.41) is 10.2. The van der Waals surface area contributed by atoms with E-state index in [2.05, 4.69) is 25.1 Å². The first-order valence-electron chi connectivity index (χ1n) is 8.25. The number of thioether (sulfide) groups is 1. The molecule has 3 rings (SSSR count). The van der Waals surface area contributed by atoms with Crippen molar-refractivity contribution in [3.05, 3.63) is 57.2 Å². The number of aromatic nitrogens is 2. The summed E-state index contributed by atoms with van der Waals surface area (Å²) < 4.78 is 1.72. The smallest absolute Gasteiger partial charge is 0.262 e. The van der Waals surface area contributed by atoms with Gasteiger partial charge in [-0.3, -0.25) is 9.36 Å². The van der Waals surface area contributed by atoms with Crippen LogP contribution in [0.25, 0.3) is 10.2 Å². The van der Waals surface area contributed by atoms with E-state index in [1.807, 2.05) is 31.2 Å². The topological polar surface area (TPSA) is 58.7 Å². The zero-order chi connectivity index (χ0) is 17.8. The zero-order valence-corrected chi connectivity index (χ0v) is 15.9. The first-order valence-corrected chi connectivity index (χ1v) is 9.95. The van der Waals surface area contributed by atoms with Gasteiger partial charge >= 0.3 is 0 Å². The largest absolute Gasteiger partial charge is 0.287 e. The average molecular weight is 370 g/mol. The lowest BCUT2D eigenvalue weighted by molar-refractivity contribution is 0.596. The third-order valence-electron chi connectivity index (χ3n) is 3.95. The van der Waals surface area contributed by atoms with Crippen molar-refractivity contribution in [2.24, 2.45) is 0 Å². The maximum absolute atomic E-state index is 13.0. The van der Waals surface area contributed by atoms with Gasteiger partial charge in [0.15, 0.2) is 5.16 Å². The molecule has 3 aromatic rings. The van der Waals surface area contributed by atoms with Crippen LogP contribution in [-0.2, 0) is 19.4 Å². The van der Waals surface area contributed by atoms with E-state index in [1.54, 1.807) is 15.9 Å². The van der Waals surface area contributed by atoms with Crippen LogP contribution >= 0.6 is 23.1 Å². The summed E-state index contributed by atoms with van der Waals surface area (Å²) in [7, 11) is 0. The van der Waals surface area contributed by atoms with Crippen LogP contribution in [0.15, 0.2) is 46.3 Å². The molecule has 6 heteroatoms. The Morgan fingerprint density at radius 3 is 2.80 bits per heavy atom. The fourth-order valence-corrected chi connectivity index (χ4v) is 4.41. The second-order valence-corrected chi connectivity index (χ2v) is 8.18. The number of rotatable bonds is 6. The first kappa shape index (κ1) is 17.7. The quantitative estimate of drug-likeness (QED) is 0.481. The van der Waals surface area contributed by atoms with Crippen LogP contribution in [0.3, 0.4) is 0 Å². The van der Waals surface area contributed by atoms with Crippen molar-refractivity contribution in [2.75, 3.05) is 0 Å². The third kappa shape index (κ3) is 3.94.